The molecule has 146 valence electrons. The van der Waals surface area contributed by atoms with E-state index < -0.39 is 0 Å². The van der Waals surface area contributed by atoms with E-state index in [-0.39, 0.29) is 17.1 Å². The van der Waals surface area contributed by atoms with Crippen molar-refractivity contribution in [2.24, 2.45) is 5.92 Å². The summed E-state index contributed by atoms with van der Waals surface area (Å²) in [4.78, 5) is 26.3. The number of ether oxygens (including phenoxy) is 1. The molecule has 28 heavy (non-hydrogen) atoms. The molecular weight excluding hydrogens is 438 g/mol. The zero-order chi connectivity index (χ0) is 20.3. The minimum Gasteiger partial charge on any atom is -0.488 e. The van der Waals surface area contributed by atoms with Gasteiger partial charge in [0.25, 0.3) is 11.1 Å². The maximum absolute atomic E-state index is 12.5. The molecule has 0 aliphatic carbocycles. The summed E-state index contributed by atoms with van der Waals surface area (Å²) in [5, 5.41) is -0.206. The molecule has 0 aromatic heterocycles. The van der Waals surface area contributed by atoms with E-state index in [0.29, 0.717) is 18.1 Å². The van der Waals surface area contributed by atoms with Crippen molar-refractivity contribution >= 4 is 44.9 Å². The minimum absolute atomic E-state index is 0.206. The average Bonchev–Trinajstić information content (AvgIpc) is 2.89. The summed E-state index contributed by atoms with van der Waals surface area (Å²) in [6, 6.07) is 13.8. The molecule has 0 N–H and O–H groups in total. The number of hydrogen-bond donors (Lipinski definition) is 0. The van der Waals surface area contributed by atoms with Crippen molar-refractivity contribution in [2.45, 2.75) is 27.4 Å². The van der Waals surface area contributed by atoms with Crippen molar-refractivity contribution in [1.29, 1.82) is 0 Å². The van der Waals surface area contributed by atoms with Gasteiger partial charge in [0.05, 0.1) is 9.38 Å². The van der Waals surface area contributed by atoms with Gasteiger partial charge in [-0.15, -0.1) is 0 Å². The van der Waals surface area contributed by atoms with Gasteiger partial charge in [0.1, 0.15) is 12.4 Å². The monoisotopic (exact) mass is 459 g/mol. The van der Waals surface area contributed by atoms with Crippen LogP contribution in [0.2, 0.25) is 0 Å². The number of amides is 2. The number of carbonyl (C=O) groups excluding carboxylic acids is 2. The van der Waals surface area contributed by atoms with E-state index in [1.807, 2.05) is 44.2 Å². The summed E-state index contributed by atoms with van der Waals surface area (Å²) in [5.74, 6) is 0.747. The molecule has 0 atom stereocenters. The smallest absolute Gasteiger partial charge is 0.293 e. The summed E-state index contributed by atoms with van der Waals surface area (Å²) in [6.45, 7) is 6.94. The number of thioether (sulfide) groups is 1. The van der Waals surface area contributed by atoms with Gasteiger partial charge in [-0.1, -0.05) is 49.7 Å². The Bertz CT molecular complexity index is 922. The molecule has 0 spiro atoms. The fourth-order valence-electron chi connectivity index (χ4n) is 2.74. The second-order valence-corrected chi connectivity index (χ2v) is 9.00. The normalized spacial score (nSPS) is 15.8. The molecule has 0 unspecified atom stereocenters. The molecule has 0 saturated carbocycles. The van der Waals surface area contributed by atoms with Gasteiger partial charge < -0.3 is 4.74 Å². The molecule has 2 aromatic carbocycles. The lowest BCUT2D eigenvalue weighted by Crippen LogP contribution is -2.31. The van der Waals surface area contributed by atoms with E-state index in [2.05, 4.69) is 35.0 Å². The minimum atomic E-state index is -0.223. The average molecular weight is 460 g/mol. The van der Waals surface area contributed by atoms with Crippen LogP contribution in [0.5, 0.6) is 5.75 Å². The lowest BCUT2D eigenvalue weighted by molar-refractivity contribution is -0.123. The van der Waals surface area contributed by atoms with Crippen molar-refractivity contribution in [3.05, 3.63) is 68.5 Å². The van der Waals surface area contributed by atoms with E-state index in [9.17, 15) is 9.59 Å². The van der Waals surface area contributed by atoms with Gasteiger partial charge in [0.2, 0.25) is 0 Å². The molecule has 1 saturated heterocycles. The van der Waals surface area contributed by atoms with Crippen molar-refractivity contribution in [3.63, 3.8) is 0 Å². The van der Waals surface area contributed by atoms with Gasteiger partial charge in [0, 0.05) is 6.54 Å². The lowest BCUT2D eigenvalue weighted by Gasteiger charge is -2.14. The molecule has 3 rings (SSSR count). The fraction of sp³-hybridized carbons (Fsp3) is 0.273. The Morgan fingerprint density at radius 2 is 1.86 bits per heavy atom. The predicted octanol–water partition coefficient (Wildman–Crippen LogP) is 6.03. The van der Waals surface area contributed by atoms with Crippen molar-refractivity contribution in [1.82, 2.24) is 4.90 Å². The summed E-state index contributed by atoms with van der Waals surface area (Å²) in [6.07, 6.45) is 1.75. The molecule has 0 bridgehead atoms. The highest BCUT2D eigenvalue weighted by Crippen LogP contribution is 2.34. The number of rotatable bonds is 6. The van der Waals surface area contributed by atoms with Crippen LogP contribution >= 0.6 is 27.7 Å². The van der Waals surface area contributed by atoms with E-state index in [1.54, 1.807) is 6.08 Å². The molecule has 1 aliphatic rings. The van der Waals surface area contributed by atoms with E-state index in [0.717, 1.165) is 33.1 Å². The Hall–Kier alpha value is -2.05. The summed E-state index contributed by atoms with van der Waals surface area (Å²) < 4.78 is 6.69. The molecule has 2 amide bonds. The number of nitrogens with zero attached hydrogens (tertiary/aromatic N) is 1. The summed E-state index contributed by atoms with van der Waals surface area (Å²) >= 11 is 4.52. The first-order valence-electron chi connectivity index (χ1n) is 9.06. The molecular formula is C22H22BrNO3S. The van der Waals surface area contributed by atoms with Crippen molar-refractivity contribution in [2.75, 3.05) is 6.54 Å². The van der Waals surface area contributed by atoms with Crippen LogP contribution in [0.15, 0.2) is 51.8 Å². The van der Waals surface area contributed by atoms with Crippen molar-refractivity contribution in [3.8, 4) is 5.75 Å². The van der Waals surface area contributed by atoms with Crippen LogP contribution in [-0.2, 0) is 11.4 Å². The molecule has 1 fully saturated rings. The third-order valence-electron chi connectivity index (χ3n) is 4.19. The van der Waals surface area contributed by atoms with E-state index in [4.69, 9.17) is 4.74 Å². The van der Waals surface area contributed by atoms with E-state index >= 15 is 0 Å². The Kier molecular flexibility index (Phi) is 6.62. The first kappa shape index (κ1) is 20.7. The van der Waals surface area contributed by atoms with Crippen LogP contribution in [0.25, 0.3) is 6.08 Å². The van der Waals surface area contributed by atoms with E-state index in [1.165, 1.54) is 10.5 Å². The summed E-state index contributed by atoms with van der Waals surface area (Å²) in [7, 11) is 0. The van der Waals surface area contributed by atoms with Crippen molar-refractivity contribution < 1.29 is 14.3 Å². The standard InChI is InChI=1S/C22H22BrNO3S/c1-14(2)12-24-21(25)20(28-22(24)26)11-17-8-9-19(18(23)10-17)27-13-16-6-4-15(3)5-7-16/h4-11,14H,12-13H2,1-3H3. The largest absolute Gasteiger partial charge is 0.488 e. The molecule has 2 aromatic rings. The first-order chi connectivity index (χ1) is 13.3. The SMILES string of the molecule is Cc1ccc(COc2ccc(C=C3SC(=O)N(CC(C)C)C3=O)cc2Br)cc1. The van der Waals surface area contributed by atoms with Gasteiger partial charge >= 0.3 is 0 Å². The Morgan fingerprint density at radius 1 is 1.14 bits per heavy atom. The molecule has 1 aliphatic heterocycles. The quantitative estimate of drug-likeness (QED) is 0.494. The van der Waals surface area contributed by atoms with Gasteiger partial charge in [-0.05, 0) is 69.9 Å². The topological polar surface area (TPSA) is 46.6 Å². The maximum atomic E-state index is 12.5. The molecule has 1 heterocycles. The van der Waals surface area contributed by atoms with Gasteiger partial charge in [-0.2, -0.15) is 0 Å². The summed E-state index contributed by atoms with van der Waals surface area (Å²) in [5.41, 5.74) is 3.15. The third kappa shape index (κ3) is 5.06. The second kappa shape index (κ2) is 8.97. The number of imide groups is 1. The van der Waals surface area contributed by atoms with Gasteiger partial charge in [-0.25, -0.2) is 0 Å². The highest BCUT2D eigenvalue weighted by molar-refractivity contribution is 9.10. The fourth-order valence-corrected chi connectivity index (χ4v) is 4.10. The molecule has 0 radical (unpaired) electrons. The Labute approximate surface area is 178 Å². The Morgan fingerprint density at radius 3 is 2.50 bits per heavy atom. The predicted molar refractivity (Wildman–Crippen MR) is 117 cm³/mol. The number of benzene rings is 2. The zero-order valence-corrected chi connectivity index (χ0v) is 18.5. The lowest BCUT2D eigenvalue weighted by atomic mass is 10.1. The number of halogens is 1. The van der Waals surface area contributed by atoms with Crippen LogP contribution in [0, 0.1) is 12.8 Å². The van der Waals surface area contributed by atoms with Crippen LogP contribution in [0.4, 0.5) is 4.79 Å². The Balaban J connectivity index is 1.70. The van der Waals surface area contributed by atoms with Gasteiger partial charge in [-0.3, -0.25) is 14.5 Å². The number of aryl methyl sites for hydroxylation is 1. The van der Waals surface area contributed by atoms with Gasteiger partial charge in [0.15, 0.2) is 0 Å². The molecule has 6 heteroatoms. The zero-order valence-electron chi connectivity index (χ0n) is 16.1. The third-order valence-corrected chi connectivity index (χ3v) is 5.72. The second-order valence-electron chi connectivity index (χ2n) is 7.15. The molecule has 4 nitrogen and oxygen atoms in total. The van der Waals surface area contributed by atoms with Crippen LogP contribution in [-0.4, -0.2) is 22.6 Å². The highest BCUT2D eigenvalue weighted by Gasteiger charge is 2.35. The van der Waals surface area contributed by atoms with Crippen LogP contribution in [0.3, 0.4) is 0 Å². The van der Waals surface area contributed by atoms with Crippen LogP contribution < -0.4 is 4.74 Å². The highest BCUT2D eigenvalue weighted by atomic mass is 79.9. The maximum Gasteiger partial charge on any atom is 0.293 e. The number of hydrogen-bond acceptors (Lipinski definition) is 4. The van der Waals surface area contributed by atoms with Crippen LogP contribution in [0.1, 0.15) is 30.5 Å². The number of carbonyl (C=O) groups is 2. The first-order valence-corrected chi connectivity index (χ1v) is 10.7.